The van der Waals surface area contributed by atoms with E-state index in [0.717, 1.165) is 20.3 Å². The molecule has 11 nitrogen and oxygen atoms in total. The number of methoxy groups -OCH3 is 2. The van der Waals surface area contributed by atoms with Gasteiger partial charge in [-0.15, -0.1) is 0 Å². The quantitative estimate of drug-likeness (QED) is 0.432. The summed E-state index contributed by atoms with van der Waals surface area (Å²) in [7, 11) is -8.04. The number of hydrogen-bond acceptors (Lipinski definition) is 11. The zero-order chi connectivity index (χ0) is 24.6. The molecule has 0 spiro atoms. The highest BCUT2D eigenvalue weighted by Gasteiger charge is 2.27. The molecule has 0 N–H and O–H groups in total. The van der Waals surface area contributed by atoms with Gasteiger partial charge in [-0.3, -0.25) is 0 Å². The maximum absolute atomic E-state index is 12.5. The number of benzene rings is 2. The molecule has 0 atom stereocenters. The number of carbonyl (C=O) groups excluding carboxylic acids is 2. The third-order valence-corrected chi connectivity index (χ3v) is 6.29. The minimum absolute atomic E-state index is 0.0895. The summed E-state index contributed by atoms with van der Waals surface area (Å²) >= 11 is 0. The van der Waals surface area contributed by atoms with E-state index in [2.05, 4.69) is 0 Å². The summed E-state index contributed by atoms with van der Waals surface area (Å²) in [6.07, 6.45) is 5.65. The molecule has 0 fully saturated rings. The van der Waals surface area contributed by atoms with Gasteiger partial charge in [0.05, 0.1) is 29.6 Å². The number of carbonyl (C=O) groups is 2. The Morgan fingerprint density at radius 1 is 0.879 bits per heavy atom. The summed E-state index contributed by atoms with van der Waals surface area (Å²) < 4.78 is 79.1. The largest absolute Gasteiger partial charge is 0.744 e. The Morgan fingerprint density at radius 2 is 1.55 bits per heavy atom. The van der Waals surface area contributed by atoms with Gasteiger partial charge in [0.15, 0.2) is 0 Å². The number of nitrogens with zero attached hydrogens (tertiary/aromatic N) is 1. The third-order valence-electron chi connectivity index (χ3n) is 4.60. The summed E-state index contributed by atoms with van der Waals surface area (Å²) in [5.41, 5.74) is -0.259. The van der Waals surface area contributed by atoms with E-state index in [-0.39, 0.29) is 27.7 Å². The Hall–Kier alpha value is -3.52. The zero-order valence-electron chi connectivity index (χ0n) is 17.0. The number of esters is 2. The Bertz CT molecular complexity index is 1470. The topological polar surface area (TPSA) is 170 Å². The molecule has 2 aromatic rings. The van der Waals surface area contributed by atoms with Crippen LogP contribution in [0, 0.1) is 0 Å². The average Bonchev–Trinajstić information content (AvgIpc) is 2.98. The van der Waals surface area contributed by atoms with E-state index in [4.69, 9.17) is 9.47 Å². The molecule has 0 amide bonds. The Morgan fingerprint density at radius 3 is 2.12 bits per heavy atom. The summed E-state index contributed by atoms with van der Waals surface area (Å²) in [5, 5.41) is -0.233. The number of hydrogen-bond donors (Lipinski definition) is 0. The molecule has 0 saturated carbocycles. The number of fused-ring (bicyclic) bond motifs is 1. The van der Waals surface area contributed by atoms with Crippen LogP contribution in [-0.2, 0) is 39.3 Å². The van der Waals surface area contributed by atoms with Crippen molar-refractivity contribution in [3.8, 4) is 0 Å². The van der Waals surface area contributed by atoms with Crippen LogP contribution >= 0.6 is 0 Å². The Balaban J connectivity index is 2.35. The van der Waals surface area contributed by atoms with Gasteiger partial charge in [0.2, 0.25) is 0 Å². The fourth-order valence-corrected chi connectivity index (χ4v) is 4.50. The van der Waals surface area contributed by atoms with Crippen molar-refractivity contribution in [1.82, 2.24) is 0 Å². The molecule has 13 heteroatoms. The van der Waals surface area contributed by atoms with Gasteiger partial charge in [-0.05, 0) is 47.2 Å². The molecular weight excluding hydrogens is 478 g/mol. The normalized spacial score (nSPS) is 14.4. The SMILES string of the molecule is COC(=O)C1=C(C(=O)OC)N(c2ccc3c(S(=O)(=O)[O-])cc(S(=O)(=O)[O-])cc3c2)C=CC=C1. The second-order valence-electron chi connectivity index (χ2n) is 6.55. The van der Waals surface area contributed by atoms with Crippen LogP contribution in [0.3, 0.4) is 0 Å². The van der Waals surface area contributed by atoms with Crippen molar-refractivity contribution >= 4 is 48.6 Å². The highest BCUT2D eigenvalue weighted by molar-refractivity contribution is 7.86. The van der Waals surface area contributed by atoms with Gasteiger partial charge in [0.25, 0.3) is 0 Å². The first-order valence-electron chi connectivity index (χ1n) is 8.93. The predicted octanol–water partition coefficient (Wildman–Crippen LogP) is 1.14. The lowest BCUT2D eigenvalue weighted by atomic mass is 10.1. The van der Waals surface area contributed by atoms with E-state index in [1.165, 1.54) is 47.5 Å². The van der Waals surface area contributed by atoms with E-state index >= 15 is 0 Å². The lowest BCUT2D eigenvalue weighted by Crippen LogP contribution is -2.26. The molecule has 33 heavy (non-hydrogen) atoms. The molecule has 0 aromatic heterocycles. The number of rotatable bonds is 5. The molecule has 174 valence electrons. The molecular formula is C20H15NO10S2-2. The first-order chi connectivity index (χ1) is 15.4. The van der Waals surface area contributed by atoms with Crippen molar-refractivity contribution < 1.29 is 45.0 Å². The van der Waals surface area contributed by atoms with Crippen molar-refractivity contribution in [2.24, 2.45) is 0 Å². The van der Waals surface area contributed by atoms with Gasteiger partial charge >= 0.3 is 11.9 Å². The minimum Gasteiger partial charge on any atom is -0.744 e. The van der Waals surface area contributed by atoms with E-state index in [1.807, 2.05) is 0 Å². The molecule has 1 heterocycles. The number of allylic oxidation sites excluding steroid dienone is 2. The summed E-state index contributed by atoms with van der Waals surface area (Å²) in [4.78, 5) is 24.2. The first-order valence-corrected chi connectivity index (χ1v) is 11.7. The maximum atomic E-state index is 12.5. The molecule has 1 aliphatic rings. The molecule has 0 radical (unpaired) electrons. The molecule has 1 aliphatic heterocycles. The minimum atomic E-state index is -5.14. The van der Waals surface area contributed by atoms with Crippen molar-refractivity contribution in [2.75, 3.05) is 19.1 Å². The highest BCUT2D eigenvalue weighted by Crippen LogP contribution is 2.33. The van der Waals surface area contributed by atoms with Gasteiger partial charge in [0, 0.05) is 11.9 Å². The summed E-state index contributed by atoms with van der Waals surface area (Å²) in [6.45, 7) is 0. The molecule has 3 rings (SSSR count). The van der Waals surface area contributed by atoms with E-state index in [1.54, 1.807) is 0 Å². The van der Waals surface area contributed by atoms with Gasteiger partial charge in [-0.2, -0.15) is 0 Å². The van der Waals surface area contributed by atoms with E-state index in [9.17, 15) is 35.5 Å². The molecule has 0 aliphatic carbocycles. The van der Waals surface area contributed by atoms with E-state index < -0.39 is 42.0 Å². The van der Waals surface area contributed by atoms with Gasteiger partial charge < -0.3 is 23.5 Å². The molecule has 2 aromatic carbocycles. The molecule has 0 saturated heterocycles. The lowest BCUT2D eigenvalue weighted by molar-refractivity contribution is -0.139. The second kappa shape index (κ2) is 8.78. The van der Waals surface area contributed by atoms with Crippen LogP contribution in [-0.4, -0.2) is 52.1 Å². The van der Waals surface area contributed by atoms with E-state index in [0.29, 0.717) is 6.07 Å². The van der Waals surface area contributed by atoms with Crippen molar-refractivity contribution in [3.63, 3.8) is 0 Å². The zero-order valence-corrected chi connectivity index (χ0v) is 18.7. The third kappa shape index (κ3) is 4.80. The van der Waals surface area contributed by atoms with Crippen LogP contribution in [0.4, 0.5) is 5.69 Å². The van der Waals surface area contributed by atoms with Crippen molar-refractivity contribution in [3.05, 3.63) is 66.0 Å². The lowest BCUT2D eigenvalue weighted by Gasteiger charge is -2.24. The van der Waals surface area contributed by atoms with Crippen LogP contribution in [0.5, 0.6) is 0 Å². The van der Waals surface area contributed by atoms with Gasteiger partial charge in [-0.1, -0.05) is 12.1 Å². The predicted molar refractivity (Wildman–Crippen MR) is 112 cm³/mol. The number of anilines is 1. The van der Waals surface area contributed by atoms with Crippen molar-refractivity contribution in [1.29, 1.82) is 0 Å². The first kappa shape index (κ1) is 24.1. The average molecular weight is 493 g/mol. The smallest absolute Gasteiger partial charge is 0.355 e. The summed E-state index contributed by atoms with van der Waals surface area (Å²) in [5.74, 6) is -1.76. The highest BCUT2D eigenvalue weighted by atomic mass is 32.2. The van der Waals surface area contributed by atoms with Crippen LogP contribution in [0.1, 0.15) is 0 Å². The second-order valence-corrected chi connectivity index (χ2v) is 9.28. The van der Waals surface area contributed by atoms with Gasteiger partial charge in [0.1, 0.15) is 25.9 Å². The summed E-state index contributed by atoms with van der Waals surface area (Å²) in [6, 6.07) is 5.17. The molecule has 0 bridgehead atoms. The monoisotopic (exact) mass is 493 g/mol. The Kier molecular flexibility index (Phi) is 6.42. The number of ether oxygens (including phenoxy) is 2. The van der Waals surface area contributed by atoms with Crippen molar-refractivity contribution in [2.45, 2.75) is 9.79 Å². The van der Waals surface area contributed by atoms with Crippen LogP contribution in [0.25, 0.3) is 10.8 Å². The maximum Gasteiger partial charge on any atom is 0.355 e. The standard InChI is InChI=1S/C20H17NO10S2/c1-30-19(22)16-5-3-4-8-21(18(16)20(23)31-2)13-6-7-15-12(9-13)10-14(32(24,25)26)11-17(15)33(27,28)29/h3-11H,1-2H3,(H,24,25,26)(H,27,28,29)/p-2. The molecule has 0 unspecified atom stereocenters. The fourth-order valence-electron chi connectivity index (χ4n) is 3.16. The fraction of sp³-hybridized carbons (Fsp3) is 0.100. The Labute approximate surface area is 188 Å². The van der Waals surface area contributed by atoms with Crippen LogP contribution in [0.2, 0.25) is 0 Å². The van der Waals surface area contributed by atoms with Crippen LogP contribution in [0.15, 0.2) is 75.8 Å². The van der Waals surface area contributed by atoms with Crippen LogP contribution < -0.4 is 4.90 Å². The van der Waals surface area contributed by atoms with Gasteiger partial charge in [-0.25, -0.2) is 26.4 Å².